The van der Waals surface area contributed by atoms with Crippen molar-refractivity contribution in [3.8, 4) is 5.75 Å². The number of carbonyl (C=O) groups is 1. The molecule has 3 heterocycles. The van der Waals surface area contributed by atoms with Gasteiger partial charge in [-0.25, -0.2) is 4.98 Å². The first-order chi connectivity index (χ1) is 12.7. The molecule has 1 aliphatic heterocycles. The summed E-state index contributed by atoms with van der Waals surface area (Å²) in [6.07, 6.45) is 5.07. The van der Waals surface area contributed by atoms with Crippen LogP contribution in [0.3, 0.4) is 0 Å². The Hall–Kier alpha value is -3.15. The molecule has 1 aromatic carbocycles. The molecule has 3 aromatic rings. The highest BCUT2D eigenvalue weighted by Crippen LogP contribution is 2.33. The molecule has 4 rings (SSSR count). The minimum atomic E-state index is -0.0139. The lowest BCUT2D eigenvalue weighted by Crippen LogP contribution is -2.38. The number of fused-ring (bicyclic) bond motifs is 1. The second-order valence-corrected chi connectivity index (χ2v) is 6.53. The molecule has 2 aromatic heterocycles. The minimum absolute atomic E-state index is 0.0139. The van der Waals surface area contributed by atoms with E-state index in [0.717, 1.165) is 28.3 Å². The number of rotatable bonds is 3. The quantitative estimate of drug-likeness (QED) is 0.790. The fraction of sp³-hybridized carbons (Fsp3) is 0.250. The van der Waals surface area contributed by atoms with Gasteiger partial charge in [-0.05, 0) is 36.2 Å². The summed E-state index contributed by atoms with van der Waals surface area (Å²) in [5.41, 5.74) is 4.68. The highest BCUT2D eigenvalue weighted by atomic mass is 16.5. The first-order valence-corrected chi connectivity index (χ1v) is 8.52. The van der Waals surface area contributed by atoms with E-state index in [2.05, 4.69) is 15.0 Å². The fourth-order valence-corrected chi connectivity index (χ4v) is 3.43. The number of benzene rings is 1. The summed E-state index contributed by atoms with van der Waals surface area (Å²) in [5.74, 6) is 0.822. The number of hydrogen-bond acceptors (Lipinski definition) is 4. The topological polar surface area (TPSA) is 71.1 Å². The molecule has 6 nitrogen and oxygen atoms in total. The summed E-state index contributed by atoms with van der Waals surface area (Å²) in [6.45, 7) is 3.04. The van der Waals surface area contributed by atoms with Crippen LogP contribution in [-0.4, -0.2) is 39.4 Å². The summed E-state index contributed by atoms with van der Waals surface area (Å²) in [4.78, 5) is 26.7. The average Bonchev–Trinajstić information content (AvgIpc) is 3.15. The molecule has 1 atom stereocenters. The summed E-state index contributed by atoms with van der Waals surface area (Å²) < 4.78 is 5.25. The maximum atomic E-state index is 13.0. The first-order valence-electron chi connectivity index (χ1n) is 8.52. The van der Waals surface area contributed by atoms with Crippen LogP contribution in [0.25, 0.3) is 0 Å². The molecule has 1 unspecified atom stereocenters. The fourth-order valence-electron chi connectivity index (χ4n) is 3.43. The number of aryl methyl sites for hydroxylation is 1. The second-order valence-electron chi connectivity index (χ2n) is 6.53. The highest BCUT2D eigenvalue weighted by Gasteiger charge is 2.31. The molecular formula is C20H20N4O2. The van der Waals surface area contributed by atoms with Crippen molar-refractivity contribution in [2.75, 3.05) is 13.7 Å². The Balaban J connectivity index is 1.66. The number of imidazole rings is 1. The molecule has 6 heteroatoms. The normalized spacial score (nSPS) is 16.2. The third-order valence-corrected chi connectivity index (χ3v) is 4.76. The van der Waals surface area contributed by atoms with Crippen LogP contribution in [0.15, 0.2) is 49.1 Å². The van der Waals surface area contributed by atoms with E-state index in [-0.39, 0.29) is 11.8 Å². The Kier molecular flexibility index (Phi) is 4.16. The average molecular weight is 348 g/mol. The molecule has 0 saturated heterocycles. The highest BCUT2D eigenvalue weighted by molar-refractivity contribution is 5.94. The van der Waals surface area contributed by atoms with E-state index in [9.17, 15) is 4.79 Å². The largest absolute Gasteiger partial charge is 0.497 e. The van der Waals surface area contributed by atoms with Crippen molar-refractivity contribution in [3.63, 3.8) is 0 Å². The van der Waals surface area contributed by atoms with Crippen LogP contribution in [0.2, 0.25) is 0 Å². The minimum Gasteiger partial charge on any atom is -0.497 e. The predicted molar refractivity (Wildman–Crippen MR) is 97.1 cm³/mol. The number of nitrogens with zero attached hydrogens (tertiary/aromatic N) is 3. The van der Waals surface area contributed by atoms with Gasteiger partial charge in [0, 0.05) is 24.9 Å². The number of aromatic nitrogens is 3. The van der Waals surface area contributed by atoms with Crippen LogP contribution in [0.1, 0.15) is 38.8 Å². The third-order valence-electron chi connectivity index (χ3n) is 4.76. The van der Waals surface area contributed by atoms with Gasteiger partial charge in [0.05, 0.1) is 36.9 Å². The van der Waals surface area contributed by atoms with Crippen LogP contribution in [-0.2, 0) is 6.54 Å². The molecule has 0 aliphatic carbocycles. The Morgan fingerprint density at radius 2 is 2.08 bits per heavy atom. The standard InChI is InChI=1S/C20H20N4O2/c1-13-7-15(9-21-8-13)20(25)24-10-17(19-18(11-24)22-12-23-19)14-3-5-16(26-2)6-4-14/h3-9,12,17H,10-11H2,1-2H3,(H,22,23). The Bertz CT molecular complexity index is 933. The summed E-state index contributed by atoms with van der Waals surface area (Å²) in [7, 11) is 1.65. The Morgan fingerprint density at radius 1 is 1.27 bits per heavy atom. The molecule has 1 aliphatic rings. The zero-order chi connectivity index (χ0) is 18.1. The van der Waals surface area contributed by atoms with E-state index in [1.54, 1.807) is 25.8 Å². The molecule has 0 fully saturated rings. The van der Waals surface area contributed by atoms with E-state index in [0.29, 0.717) is 18.7 Å². The number of aromatic amines is 1. The number of hydrogen-bond donors (Lipinski definition) is 1. The van der Waals surface area contributed by atoms with Gasteiger partial charge in [-0.2, -0.15) is 0 Å². The van der Waals surface area contributed by atoms with Crippen LogP contribution < -0.4 is 4.74 Å². The smallest absolute Gasteiger partial charge is 0.255 e. The second kappa shape index (κ2) is 6.63. The van der Waals surface area contributed by atoms with Gasteiger partial charge in [-0.15, -0.1) is 0 Å². The zero-order valence-corrected chi connectivity index (χ0v) is 14.8. The van der Waals surface area contributed by atoms with E-state index in [1.165, 1.54) is 0 Å². The predicted octanol–water partition coefficient (Wildman–Crippen LogP) is 2.91. The molecule has 0 bridgehead atoms. The number of nitrogens with one attached hydrogen (secondary N) is 1. The zero-order valence-electron chi connectivity index (χ0n) is 14.8. The van der Waals surface area contributed by atoms with Gasteiger partial charge in [-0.1, -0.05) is 12.1 Å². The lowest BCUT2D eigenvalue weighted by molar-refractivity contribution is 0.0721. The van der Waals surface area contributed by atoms with Crippen molar-refractivity contribution in [1.82, 2.24) is 19.9 Å². The van der Waals surface area contributed by atoms with Gasteiger partial charge in [0.1, 0.15) is 5.75 Å². The van der Waals surface area contributed by atoms with Crippen molar-refractivity contribution in [3.05, 3.63) is 77.1 Å². The van der Waals surface area contributed by atoms with Crippen molar-refractivity contribution in [2.45, 2.75) is 19.4 Å². The Labute approximate surface area is 151 Å². The number of methoxy groups -OCH3 is 1. The molecule has 0 radical (unpaired) electrons. The maximum absolute atomic E-state index is 13.0. The lowest BCUT2D eigenvalue weighted by Gasteiger charge is -2.32. The van der Waals surface area contributed by atoms with E-state index in [4.69, 9.17) is 4.74 Å². The summed E-state index contributed by atoms with van der Waals surface area (Å²) >= 11 is 0. The summed E-state index contributed by atoms with van der Waals surface area (Å²) in [6, 6.07) is 9.81. The van der Waals surface area contributed by atoms with Crippen LogP contribution in [0.5, 0.6) is 5.75 Å². The summed E-state index contributed by atoms with van der Waals surface area (Å²) in [5, 5.41) is 0. The molecular weight excluding hydrogens is 328 g/mol. The SMILES string of the molecule is COc1ccc(C2CN(C(=O)c3cncc(C)c3)Cc3[nH]cnc32)cc1. The molecule has 1 N–H and O–H groups in total. The molecule has 132 valence electrons. The number of pyridine rings is 1. The lowest BCUT2D eigenvalue weighted by atomic mass is 9.90. The number of H-pyrrole nitrogens is 1. The van der Waals surface area contributed by atoms with Crippen molar-refractivity contribution >= 4 is 5.91 Å². The van der Waals surface area contributed by atoms with Gasteiger partial charge in [-0.3, -0.25) is 9.78 Å². The van der Waals surface area contributed by atoms with Gasteiger partial charge in [0.25, 0.3) is 5.91 Å². The van der Waals surface area contributed by atoms with Crippen molar-refractivity contribution in [1.29, 1.82) is 0 Å². The van der Waals surface area contributed by atoms with Crippen molar-refractivity contribution in [2.24, 2.45) is 0 Å². The third kappa shape index (κ3) is 2.94. The van der Waals surface area contributed by atoms with Gasteiger partial charge in [0.2, 0.25) is 0 Å². The number of ether oxygens (including phenoxy) is 1. The monoisotopic (exact) mass is 348 g/mol. The van der Waals surface area contributed by atoms with E-state index in [1.807, 2.05) is 42.2 Å². The molecule has 0 spiro atoms. The van der Waals surface area contributed by atoms with E-state index >= 15 is 0 Å². The van der Waals surface area contributed by atoms with Gasteiger partial charge < -0.3 is 14.6 Å². The first kappa shape index (κ1) is 16.3. The van der Waals surface area contributed by atoms with Gasteiger partial charge in [0.15, 0.2) is 0 Å². The van der Waals surface area contributed by atoms with Crippen LogP contribution in [0, 0.1) is 6.92 Å². The molecule has 1 amide bonds. The van der Waals surface area contributed by atoms with E-state index < -0.39 is 0 Å². The van der Waals surface area contributed by atoms with Crippen molar-refractivity contribution < 1.29 is 9.53 Å². The number of carbonyl (C=O) groups excluding carboxylic acids is 1. The Morgan fingerprint density at radius 3 is 2.81 bits per heavy atom. The maximum Gasteiger partial charge on any atom is 0.255 e. The molecule has 26 heavy (non-hydrogen) atoms. The van der Waals surface area contributed by atoms with Gasteiger partial charge >= 0.3 is 0 Å². The van der Waals surface area contributed by atoms with Crippen LogP contribution in [0.4, 0.5) is 0 Å². The molecule has 0 saturated carbocycles. The van der Waals surface area contributed by atoms with Crippen LogP contribution >= 0.6 is 0 Å². The number of amides is 1.